The number of thioether (sulfide) groups is 1. The molecular formula is C22H22FN3OS. The van der Waals surface area contributed by atoms with Gasteiger partial charge in [0.1, 0.15) is 5.82 Å². The van der Waals surface area contributed by atoms with Crippen LogP contribution in [0.5, 0.6) is 0 Å². The summed E-state index contributed by atoms with van der Waals surface area (Å²) in [5.74, 6) is 0.298. The number of halogens is 1. The molecule has 0 spiro atoms. The zero-order valence-corrected chi connectivity index (χ0v) is 17.0. The smallest absolute Gasteiger partial charge is 0.192 e. The summed E-state index contributed by atoms with van der Waals surface area (Å²) in [5, 5.41) is 8.94. The van der Waals surface area contributed by atoms with Crippen molar-refractivity contribution in [3.05, 3.63) is 65.0 Å². The van der Waals surface area contributed by atoms with E-state index in [0.717, 1.165) is 29.5 Å². The minimum Gasteiger partial charge on any atom is -0.299 e. The van der Waals surface area contributed by atoms with Gasteiger partial charge in [-0.15, -0.1) is 10.2 Å². The van der Waals surface area contributed by atoms with Crippen molar-refractivity contribution in [1.82, 2.24) is 14.8 Å². The number of rotatable bonds is 6. The number of benzene rings is 2. The van der Waals surface area contributed by atoms with Crippen LogP contribution in [0.2, 0.25) is 0 Å². The minimum absolute atomic E-state index is 0.0731. The van der Waals surface area contributed by atoms with Gasteiger partial charge in [-0.1, -0.05) is 41.6 Å². The molecule has 1 aliphatic carbocycles. The zero-order valence-electron chi connectivity index (χ0n) is 16.1. The first kappa shape index (κ1) is 18.9. The Bertz CT molecular complexity index is 1040. The number of Topliss-reactive ketones (excluding diaryl/α,β-unsaturated/α-hetero) is 1. The molecule has 1 unspecified atom stereocenters. The third kappa shape index (κ3) is 3.61. The van der Waals surface area contributed by atoms with E-state index in [1.165, 1.54) is 17.8 Å². The summed E-state index contributed by atoms with van der Waals surface area (Å²) in [5.41, 5.74) is 3.22. The van der Waals surface area contributed by atoms with Gasteiger partial charge in [-0.3, -0.25) is 9.36 Å². The van der Waals surface area contributed by atoms with E-state index in [1.807, 2.05) is 43.5 Å². The second kappa shape index (κ2) is 7.51. The molecule has 0 radical (unpaired) electrons. The summed E-state index contributed by atoms with van der Waals surface area (Å²) in [6, 6.07) is 12.8. The van der Waals surface area contributed by atoms with E-state index in [4.69, 9.17) is 0 Å². The van der Waals surface area contributed by atoms with Crippen LogP contribution in [0.3, 0.4) is 0 Å². The molecular weight excluding hydrogens is 373 g/mol. The summed E-state index contributed by atoms with van der Waals surface area (Å²) >= 11 is 1.39. The predicted molar refractivity (Wildman–Crippen MR) is 109 cm³/mol. The molecule has 1 aliphatic rings. The van der Waals surface area contributed by atoms with Crippen molar-refractivity contribution in [2.24, 2.45) is 0 Å². The average Bonchev–Trinajstić information content (AvgIpc) is 3.44. The maximum absolute atomic E-state index is 14.3. The number of hydrogen-bond acceptors (Lipinski definition) is 4. The summed E-state index contributed by atoms with van der Waals surface area (Å²) in [6.07, 6.45) is 2.04. The van der Waals surface area contributed by atoms with Gasteiger partial charge >= 0.3 is 0 Å². The van der Waals surface area contributed by atoms with Crippen LogP contribution in [0.1, 0.15) is 47.3 Å². The zero-order chi connectivity index (χ0) is 19.8. The third-order valence-corrected chi connectivity index (χ3v) is 6.06. The van der Waals surface area contributed by atoms with Crippen LogP contribution in [0.15, 0.2) is 47.6 Å². The molecule has 4 nitrogen and oxygen atoms in total. The fourth-order valence-electron chi connectivity index (χ4n) is 3.28. The van der Waals surface area contributed by atoms with E-state index in [2.05, 4.69) is 10.2 Å². The highest BCUT2D eigenvalue weighted by atomic mass is 32.2. The molecule has 1 fully saturated rings. The van der Waals surface area contributed by atoms with Crippen molar-refractivity contribution in [3.63, 3.8) is 0 Å². The molecule has 0 aliphatic heterocycles. The number of aryl methyl sites for hydroxylation is 2. The topological polar surface area (TPSA) is 47.8 Å². The minimum atomic E-state index is -0.312. The monoisotopic (exact) mass is 395 g/mol. The first-order valence-electron chi connectivity index (χ1n) is 9.43. The van der Waals surface area contributed by atoms with Crippen LogP contribution in [-0.4, -0.2) is 25.8 Å². The quantitative estimate of drug-likeness (QED) is 0.414. The van der Waals surface area contributed by atoms with E-state index in [-0.39, 0.29) is 22.9 Å². The van der Waals surface area contributed by atoms with E-state index < -0.39 is 0 Å². The van der Waals surface area contributed by atoms with Gasteiger partial charge in [-0.05, 0) is 57.4 Å². The van der Waals surface area contributed by atoms with Gasteiger partial charge < -0.3 is 0 Å². The van der Waals surface area contributed by atoms with Crippen LogP contribution in [0.4, 0.5) is 4.39 Å². The van der Waals surface area contributed by atoms with Crippen LogP contribution in [0.25, 0.3) is 11.4 Å². The van der Waals surface area contributed by atoms with Crippen molar-refractivity contribution in [1.29, 1.82) is 0 Å². The van der Waals surface area contributed by atoms with Crippen molar-refractivity contribution in [3.8, 4) is 11.4 Å². The highest BCUT2D eigenvalue weighted by Gasteiger charge is 2.32. The second-order valence-electron chi connectivity index (χ2n) is 7.33. The van der Waals surface area contributed by atoms with Crippen molar-refractivity contribution in [2.45, 2.75) is 50.1 Å². The van der Waals surface area contributed by atoms with Gasteiger partial charge in [-0.2, -0.15) is 0 Å². The molecule has 1 atom stereocenters. The Kier molecular flexibility index (Phi) is 5.06. The van der Waals surface area contributed by atoms with Crippen molar-refractivity contribution < 1.29 is 9.18 Å². The van der Waals surface area contributed by atoms with Gasteiger partial charge in [-0.25, -0.2) is 4.39 Å². The molecule has 0 bridgehead atoms. The molecule has 1 heterocycles. The number of nitrogens with zero attached hydrogens (tertiary/aromatic N) is 3. The van der Waals surface area contributed by atoms with Crippen LogP contribution < -0.4 is 0 Å². The van der Waals surface area contributed by atoms with Gasteiger partial charge in [0.15, 0.2) is 16.8 Å². The molecule has 6 heteroatoms. The summed E-state index contributed by atoms with van der Waals surface area (Å²) in [7, 11) is 0. The summed E-state index contributed by atoms with van der Waals surface area (Å²) in [6.45, 7) is 5.83. The highest BCUT2D eigenvalue weighted by Crippen LogP contribution is 2.42. The number of hydrogen-bond donors (Lipinski definition) is 0. The molecule has 28 heavy (non-hydrogen) atoms. The molecule has 144 valence electrons. The summed E-state index contributed by atoms with van der Waals surface area (Å²) in [4.78, 5) is 13.0. The Hall–Kier alpha value is -2.47. The molecule has 0 saturated heterocycles. The van der Waals surface area contributed by atoms with Crippen LogP contribution in [0, 0.1) is 19.7 Å². The van der Waals surface area contributed by atoms with Gasteiger partial charge in [0.05, 0.1) is 10.8 Å². The van der Waals surface area contributed by atoms with E-state index in [1.54, 1.807) is 18.2 Å². The lowest BCUT2D eigenvalue weighted by Crippen LogP contribution is -2.16. The largest absolute Gasteiger partial charge is 0.299 e. The lowest BCUT2D eigenvalue weighted by atomic mass is 10.0. The van der Waals surface area contributed by atoms with E-state index >= 15 is 0 Å². The van der Waals surface area contributed by atoms with Crippen LogP contribution >= 0.6 is 11.8 Å². The Labute approximate surface area is 168 Å². The standard InChI is InChI=1S/C22H22FN3OS/c1-13-8-9-14(2)18(12-13)20(27)15(3)28-22-25-24-21(26(22)16-10-11-16)17-6-4-5-7-19(17)23/h4-9,12,15-16H,10-11H2,1-3H3. The van der Waals surface area contributed by atoms with Crippen molar-refractivity contribution >= 4 is 17.5 Å². The number of carbonyl (C=O) groups is 1. The van der Waals surface area contributed by atoms with Crippen molar-refractivity contribution in [2.75, 3.05) is 0 Å². The van der Waals surface area contributed by atoms with Gasteiger partial charge in [0.2, 0.25) is 0 Å². The average molecular weight is 396 g/mol. The maximum atomic E-state index is 14.3. The fourth-order valence-corrected chi connectivity index (χ4v) is 4.26. The molecule has 4 rings (SSSR count). The van der Waals surface area contributed by atoms with Gasteiger partial charge in [0, 0.05) is 11.6 Å². The molecule has 1 aromatic heterocycles. The fraction of sp³-hybridized carbons (Fsp3) is 0.318. The Morgan fingerprint density at radius 3 is 2.64 bits per heavy atom. The Balaban J connectivity index is 1.64. The number of aromatic nitrogens is 3. The first-order valence-corrected chi connectivity index (χ1v) is 10.3. The third-order valence-electron chi connectivity index (χ3n) is 5.00. The van der Waals surface area contributed by atoms with Crippen LogP contribution in [-0.2, 0) is 0 Å². The lowest BCUT2D eigenvalue weighted by Gasteiger charge is -2.14. The second-order valence-corrected chi connectivity index (χ2v) is 8.64. The molecule has 0 N–H and O–H groups in total. The Morgan fingerprint density at radius 2 is 1.93 bits per heavy atom. The van der Waals surface area contributed by atoms with E-state index in [0.29, 0.717) is 16.5 Å². The number of carbonyl (C=O) groups excluding carboxylic acids is 1. The Morgan fingerprint density at radius 1 is 1.18 bits per heavy atom. The SMILES string of the molecule is Cc1ccc(C)c(C(=O)C(C)Sc2nnc(-c3ccccc3F)n2C2CC2)c1. The first-order chi connectivity index (χ1) is 13.5. The predicted octanol–water partition coefficient (Wildman–Crippen LogP) is 5.40. The van der Waals surface area contributed by atoms with Gasteiger partial charge in [0.25, 0.3) is 0 Å². The lowest BCUT2D eigenvalue weighted by molar-refractivity contribution is 0.0993. The highest BCUT2D eigenvalue weighted by molar-refractivity contribution is 8.00. The molecule has 3 aromatic rings. The molecule has 0 amide bonds. The summed E-state index contributed by atoms with van der Waals surface area (Å²) < 4.78 is 16.3. The molecule has 2 aromatic carbocycles. The normalized spacial score (nSPS) is 14.9. The maximum Gasteiger partial charge on any atom is 0.192 e. The molecule has 1 saturated carbocycles. The van der Waals surface area contributed by atoms with E-state index in [9.17, 15) is 9.18 Å². The number of ketones is 1.